The van der Waals surface area contributed by atoms with Gasteiger partial charge in [0.1, 0.15) is 11.6 Å². The number of nitrogens with one attached hydrogen (secondary N) is 3. The lowest BCUT2D eigenvalue weighted by molar-refractivity contribution is -0.0504. The van der Waals surface area contributed by atoms with E-state index in [1.54, 1.807) is 25.2 Å². The van der Waals surface area contributed by atoms with Crippen LogP contribution in [0.2, 0.25) is 0 Å². The van der Waals surface area contributed by atoms with E-state index in [1.807, 2.05) is 24.3 Å². The molecular weight excluding hydrogens is 491 g/mol. The Morgan fingerprint density at radius 3 is 2.66 bits per heavy atom. The van der Waals surface area contributed by atoms with Crippen molar-refractivity contribution in [3.8, 4) is 5.75 Å². The van der Waals surface area contributed by atoms with Crippen LogP contribution in [0.4, 0.5) is 8.78 Å². The van der Waals surface area contributed by atoms with E-state index in [9.17, 15) is 8.78 Å². The van der Waals surface area contributed by atoms with Crippen molar-refractivity contribution in [3.05, 3.63) is 59.9 Å². The van der Waals surface area contributed by atoms with Crippen LogP contribution in [0, 0.1) is 0 Å². The number of halogens is 3. The number of para-hydroxylation sites is 3. The molecule has 0 bridgehead atoms. The summed E-state index contributed by atoms with van der Waals surface area (Å²) in [5.41, 5.74) is 2.63. The Bertz CT molecular complexity index is 899. The van der Waals surface area contributed by atoms with Crippen LogP contribution >= 0.6 is 24.0 Å². The van der Waals surface area contributed by atoms with Crippen LogP contribution < -0.4 is 15.4 Å². The van der Waals surface area contributed by atoms with Gasteiger partial charge in [0, 0.05) is 32.1 Å². The van der Waals surface area contributed by atoms with Crippen LogP contribution in [0.1, 0.15) is 17.8 Å². The van der Waals surface area contributed by atoms with E-state index < -0.39 is 6.61 Å². The Balaban J connectivity index is 0.00000300. The number of hydrogen-bond donors (Lipinski definition) is 3. The van der Waals surface area contributed by atoms with Gasteiger partial charge in [-0.25, -0.2) is 4.98 Å². The molecule has 0 atom stereocenters. The fraction of sp³-hybridized carbons (Fsp3) is 0.300. The number of nitrogens with zero attached hydrogens (tertiary/aromatic N) is 2. The third-order valence-electron chi connectivity index (χ3n) is 4.18. The van der Waals surface area contributed by atoms with Crippen molar-refractivity contribution in [3.63, 3.8) is 0 Å². The van der Waals surface area contributed by atoms with Gasteiger partial charge in [0.2, 0.25) is 0 Å². The van der Waals surface area contributed by atoms with E-state index in [1.165, 1.54) is 6.07 Å². The fourth-order valence-electron chi connectivity index (χ4n) is 2.85. The first-order chi connectivity index (χ1) is 13.7. The van der Waals surface area contributed by atoms with E-state index in [0.29, 0.717) is 24.6 Å². The number of H-pyrrole nitrogens is 1. The highest BCUT2D eigenvalue weighted by Gasteiger charge is 2.09. The minimum atomic E-state index is -2.85. The lowest BCUT2D eigenvalue weighted by Gasteiger charge is -2.14. The van der Waals surface area contributed by atoms with Crippen LogP contribution in [0.25, 0.3) is 11.0 Å². The Morgan fingerprint density at radius 2 is 1.90 bits per heavy atom. The Labute approximate surface area is 185 Å². The van der Waals surface area contributed by atoms with E-state index in [0.717, 1.165) is 29.7 Å². The average molecular weight is 515 g/mol. The van der Waals surface area contributed by atoms with E-state index in [2.05, 4.69) is 30.3 Å². The molecule has 0 saturated carbocycles. The molecule has 1 heterocycles. The molecular formula is C20H24F2IN5O. The number of rotatable bonds is 8. The summed E-state index contributed by atoms with van der Waals surface area (Å²) in [5.74, 6) is 1.70. The maximum absolute atomic E-state index is 12.5. The van der Waals surface area contributed by atoms with Crippen molar-refractivity contribution in [1.82, 2.24) is 20.6 Å². The number of benzene rings is 2. The van der Waals surface area contributed by atoms with Crippen molar-refractivity contribution in [2.75, 3.05) is 13.6 Å². The number of aromatic nitrogens is 2. The average Bonchev–Trinajstić information content (AvgIpc) is 3.11. The number of imidazole rings is 1. The fourth-order valence-corrected chi connectivity index (χ4v) is 2.85. The van der Waals surface area contributed by atoms with Gasteiger partial charge in [-0.05, 0) is 24.6 Å². The number of fused-ring (bicyclic) bond motifs is 1. The molecule has 9 heteroatoms. The number of ether oxygens (including phenoxy) is 1. The van der Waals surface area contributed by atoms with Gasteiger partial charge >= 0.3 is 6.61 Å². The zero-order valence-electron chi connectivity index (χ0n) is 16.0. The molecule has 0 aliphatic heterocycles. The zero-order chi connectivity index (χ0) is 19.8. The van der Waals surface area contributed by atoms with Gasteiger partial charge < -0.3 is 20.4 Å². The second kappa shape index (κ2) is 11.5. The monoisotopic (exact) mass is 515 g/mol. The van der Waals surface area contributed by atoms with Gasteiger partial charge in [-0.3, -0.25) is 4.99 Å². The smallest absolute Gasteiger partial charge is 0.387 e. The van der Waals surface area contributed by atoms with E-state index >= 15 is 0 Å². The predicted molar refractivity (Wildman–Crippen MR) is 121 cm³/mol. The minimum absolute atomic E-state index is 0. The second-order valence-electron chi connectivity index (χ2n) is 6.14. The lowest BCUT2D eigenvalue weighted by Crippen LogP contribution is -2.37. The minimum Gasteiger partial charge on any atom is -0.434 e. The topological polar surface area (TPSA) is 74.3 Å². The highest BCUT2D eigenvalue weighted by molar-refractivity contribution is 14.0. The highest BCUT2D eigenvalue weighted by Crippen LogP contribution is 2.19. The molecule has 0 amide bonds. The summed E-state index contributed by atoms with van der Waals surface area (Å²) in [6, 6.07) is 14.6. The first kappa shape index (κ1) is 22.9. The van der Waals surface area contributed by atoms with Gasteiger partial charge in [0.25, 0.3) is 0 Å². The summed E-state index contributed by atoms with van der Waals surface area (Å²) >= 11 is 0. The van der Waals surface area contributed by atoms with Crippen molar-refractivity contribution in [1.29, 1.82) is 0 Å². The standard InChI is InChI=1S/C20H23F2N5O.HI/c1-23-20(25-13-14-7-2-5-10-17(14)28-19(21)22)24-12-6-11-18-26-15-8-3-4-9-16(15)27-18;/h2-5,7-10,19H,6,11-13H2,1H3,(H,26,27)(H2,23,24,25);1H. The molecule has 0 aliphatic carbocycles. The molecule has 6 nitrogen and oxygen atoms in total. The molecule has 3 aromatic rings. The third-order valence-corrected chi connectivity index (χ3v) is 4.18. The SMILES string of the molecule is CN=C(NCCCc1nc2ccccc2[nH]1)NCc1ccccc1OC(F)F.I. The molecule has 0 saturated heterocycles. The summed E-state index contributed by atoms with van der Waals surface area (Å²) in [6.45, 7) is -1.82. The lowest BCUT2D eigenvalue weighted by atomic mass is 10.2. The van der Waals surface area contributed by atoms with Gasteiger partial charge in [0.05, 0.1) is 11.0 Å². The number of aryl methyl sites for hydroxylation is 1. The maximum atomic E-state index is 12.5. The quantitative estimate of drug-likeness (QED) is 0.183. The largest absolute Gasteiger partial charge is 0.434 e. The first-order valence-corrected chi connectivity index (χ1v) is 9.06. The molecule has 0 aliphatic rings. The highest BCUT2D eigenvalue weighted by atomic mass is 127. The van der Waals surface area contributed by atoms with Gasteiger partial charge in [-0.2, -0.15) is 8.78 Å². The summed E-state index contributed by atoms with van der Waals surface area (Å²) in [6.07, 6.45) is 1.68. The van der Waals surface area contributed by atoms with Crippen molar-refractivity contribution in [2.24, 2.45) is 4.99 Å². The van der Waals surface area contributed by atoms with Crippen LogP contribution in [0.15, 0.2) is 53.5 Å². The van der Waals surface area contributed by atoms with Crippen LogP contribution in [0.3, 0.4) is 0 Å². The van der Waals surface area contributed by atoms with Crippen LogP contribution in [-0.2, 0) is 13.0 Å². The van der Waals surface area contributed by atoms with Crippen LogP contribution in [-0.4, -0.2) is 36.1 Å². The maximum Gasteiger partial charge on any atom is 0.387 e. The van der Waals surface area contributed by atoms with E-state index in [4.69, 9.17) is 0 Å². The molecule has 1 aromatic heterocycles. The number of hydrogen-bond acceptors (Lipinski definition) is 3. The molecule has 0 spiro atoms. The summed E-state index contributed by atoms with van der Waals surface area (Å²) in [4.78, 5) is 12.0. The predicted octanol–water partition coefficient (Wildman–Crippen LogP) is 4.08. The third kappa shape index (κ3) is 6.84. The Kier molecular flexibility index (Phi) is 9.10. The number of aliphatic imine (C=N–C) groups is 1. The molecule has 29 heavy (non-hydrogen) atoms. The van der Waals surface area contributed by atoms with Gasteiger partial charge in [0.15, 0.2) is 5.96 Å². The van der Waals surface area contributed by atoms with Crippen LogP contribution in [0.5, 0.6) is 5.75 Å². The van der Waals surface area contributed by atoms with Crippen molar-refractivity contribution in [2.45, 2.75) is 26.0 Å². The van der Waals surface area contributed by atoms with Crippen molar-refractivity contribution >= 4 is 41.0 Å². The first-order valence-electron chi connectivity index (χ1n) is 9.06. The summed E-state index contributed by atoms with van der Waals surface area (Å²) in [7, 11) is 1.66. The van der Waals surface area contributed by atoms with E-state index in [-0.39, 0.29) is 29.7 Å². The Morgan fingerprint density at radius 1 is 1.14 bits per heavy atom. The molecule has 156 valence electrons. The molecule has 3 rings (SSSR count). The summed E-state index contributed by atoms with van der Waals surface area (Å²) < 4.78 is 29.5. The molecule has 0 unspecified atom stereocenters. The molecule has 2 aromatic carbocycles. The van der Waals surface area contributed by atoms with Gasteiger partial charge in [-0.1, -0.05) is 30.3 Å². The number of aromatic amines is 1. The number of guanidine groups is 1. The number of alkyl halides is 2. The second-order valence-corrected chi connectivity index (χ2v) is 6.14. The molecule has 0 fully saturated rings. The summed E-state index contributed by atoms with van der Waals surface area (Å²) in [5, 5.41) is 6.32. The van der Waals surface area contributed by atoms with Crippen molar-refractivity contribution < 1.29 is 13.5 Å². The zero-order valence-corrected chi connectivity index (χ0v) is 18.3. The normalized spacial score (nSPS) is 11.4. The van der Waals surface area contributed by atoms with Gasteiger partial charge in [-0.15, -0.1) is 24.0 Å². The molecule has 3 N–H and O–H groups in total. The molecule has 0 radical (unpaired) electrons. The Hall–Kier alpha value is -2.43.